The molecular weight excluding hydrogens is 637 g/mol. The highest BCUT2D eigenvalue weighted by atomic mass is 32.2. The molecule has 0 spiro atoms. The lowest BCUT2D eigenvalue weighted by Crippen LogP contribution is -2.30. The predicted octanol–water partition coefficient (Wildman–Crippen LogP) is 5.34. The van der Waals surface area contributed by atoms with Gasteiger partial charge in [-0.3, -0.25) is 9.69 Å². The highest BCUT2D eigenvalue weighted by molar-refractivity contribution is 7.99. The number of methoxy groups -OCH3 is 2. The molecule has 0 fully saturated rings. The molecule has 0 aliphatic rings. The zero-order valence-corrected chi connectivity index (χ0v) is 27.0. The van der Waals surface area contributed by atoms with E-state index in [1.165, 1.54) is 50.6 Å². The number of sulfonamides is 2. The second-order valence-corrected chi connectivity index (χ2v) is 14.2. The van der Waals surface area contributed by atoms with E-state index in [1.807, 2.05) is 30.3 Å². The number of nitrogens with zero attached hydrogens (tertiary/aromatic N) is 2. The number of thioether (sulfide) groups is 1. The summed E-state index contributed by atoms with van der Waals surface area (Å²) < 4.78 is 65.0. The van der Waals surface area contributed by atoms with Crippen molar-refractivity contribution in [3.8, 4) is 11.5 Å². The van der Waals surface area contributed by atoms with Crippen LogP contribution in [-0.4, -0.2) is 54.2 Å². The largest absolute Gasteiger partial charge is 0.497 e. The van der Waals surface area contributed by atoms with Gasteiger partial charge in [-0.2, -0.15) is 13.9 Å². The van der Waals surface area contributed by atoms with E-state index in [4.69, 9.17) is 15.0 Å². The van der Waals surface area contributed by atoms with E-state index in [2.05, 4.69) is 14.1 Å². The van der Waals surface area contributed by atoms with Gasteiger partial charge in [-0.15, -0.1) is 11.8 Å². The number of carbonyl (C=O) groups excluding carboxylic acids is 1. The Morgan fingerprint density at radius 2 is 1.33 bits per heavy atom. The van der Waals surface area contributed by atoms with E-state index >= 15 is 0 Å². The number of benzene rings is 4. The summed E-state index contributed by atoms with van der Waals surface area (Å²) in [5, 5.41) is 0. The van der Waals surface area contributed by atoms with Crippen molar-refractivity contribution in [2.24, 2.45) is 4.52 Å². The average Bonchev–Trinajstić information content (AvgIpc) is 3.05. The van der Waals surface area contributed by atoms with E-state index in [0.717, 1.165) is 21.8 Å². The fourth-order valence-electron chi connectivity index (χ4n) is 4.31. The first-order valence-corrected chi connectivity index (χ1v) is 17.5. The lowest BCUT2D eigenvalue weighted by Gasteiger charge is -2.23. The molecule has 0 aliphatic heterocycles. The Kier molecular flexibility index (Phi) is 11.3. The number of hydrogen-bond acceptors (Lipinski definition) is 10. The van der Waals surface area contributed by atoms with Gasteiger partial charge in [0.1, 0.15) is 11.5 Å². The Morgan fingerprint density at radius 3 is 1.84 bits per heavy atom. The van der Waals surface area contributed by atoms with Gasteiger partial charge in [0.25, 0.3) is 26.0 Å². The number of rotatable bonds is 15. The van der Waals surface area contributed by atoms with Crippen molar-refractivity contribution < 1.29 is 31.1 Å². The van der Waals surface area contributed by atoms with Crippen molar-refractivity contribution in [3.63, 3.8) is 0 Å². The van der Waals surface area contributed by atoms with Crippen LogP contribution >= 0.6 is 11.8 Å². The fourth-order valence-corrected chi connectivity index (χ4v) is 6.81. The quantitative estimate of drug-likeness (QED) is 0.126. The van der Waals surface area contributed by atoms with Crippen LogP contribution in [0.2, 0.25) is 0 Å². The first-order valence-electron chi connectivity index (χ1n) is 13.5. The van der Waals surface area contributed by atoms with E-state index in [0.29, 0.717) is 31.1 Å². The van der Waals surface area contributed by atoms with Crippen molar-refractivity contribution in [1.29, 1.82) is 5.53 Å². The second-order valence-electron chi connectivity index (χ2n) is 9.76. The zero-order valence-electron chi connectivity index (χ0n) is 24.5. The number of nitrogens with one attached hydrogen (secondary N) is 2. The van der Waals surface area contributed by atoms with Gasteiger partial charge >= 0.3 is 0 Å². The molecule has 11 nitrogen and oxygen atoms in total. The van der Waals surface area contributed by atoms with Crippen molar-refractivity contribution in [3.05, 3.63) is 114 Å². The third-order valence-electron chi connectivity index (χ3n) is 6.65. The first kappa shape index (κ1) is 33.6. The van der Waals surface area contributed by atoms with E-state index < -0.39 is 26.0 Å². The summed E-state index contributed by atoms with van der Waals surface area (Å²) >= 11 is 1.70. The third kappa shape index (κ3) is 9.38. The minimum Gasteiger partial charge on any atom is -0.497 e. The van der Waals surface area contributed by atoms with Crippen molar-refractivity contribution in [1.82, 2.24) is 9.62 Å². The first-order chi connectivity index (χ1) is 21.5. The number of amides is 1. The standard InChI is InChI=1S/C31H32N4O7S3/c1-41-26-18-25(19-27(20-26)42-2)31(36)33-44(37,38)29-12-8-23(9-13-29)21-35(16-17-43-28-6-4-3-5-7-28)22-24-10-14-30(15-11-24)45(39,40)34-32/h3-15,18-20,32H,16-17,21-22H2,1-2H3,(H,33,36). The SMILES string of the molecule is COc1cc(OC)cc(C(=O)NS(=O)(=O)c2ccc(CN(CCSc3ccccc3)Cc3ccc(S(=O)(=O)N=N)cc3)cc2)c1. The van der Waals surface area contributed by atoms with Gasteiger partial charge in [0, 0.05) is 41.9 Å². The monoisotopic (exact) mass is 668 g/mol. The zero-order chi connectivity index (χ0) is 32.5. The molecule has 0 unspecified atom stereocenters. The summed E-state index contributed by atoms with van der Waals surface area (Å²) in [4.78, 5) is 16.0. The minimum atomic E-state index is -4.17. The summed E-state index contributed by atoms with van der Waals surface area (Å²) in [6.07, 6.45) is 0. The summed E-state index contributed by atoms with van der Waals surface area (Å²) in [5.74, 6) is 0.644. The summed E-state index contributed by atoms with van der Waals surface area (Å²) in [7, 11) is -5.31. The maximum absolute atomic E-state index is 13.0. The molecule has 14 heteroatoms. The Labute approximate surface area is 267 Å². The lowest BCUT2D eigenvalue weighted by molar-refractivity contribution is 0.0980. The van der Waals surface area contributed by atoms with Gasteiger partial charge in [-0.05, 0) is 59.7 Å². The fraction of sp³-hybridized carbons (Fsp3) is 0.194. The van der Waals surface area contributed by atoms with Crippen LogP contribution in [0.15, 0.2) is 116 Å². The molecule has 4 aromatic rings. The van der Waals surface area contributed by atoms with E-state index in [-0.39, 0.29) is 15.4 Å². The van der Waals surface area contributed by atoms with Crippen LogP contribution in [0.5, 0.6) is 11.5 Å². The highest BCUT2D eigenvalue weighted by Gasteiger charge is 2.20. The smallest absolute Gasteiger partial charge is 0.299 e. The highest BCUT2D eigenvalue weighted by Crippen LogP contribution is 2.24. The Balaban J connectivity index is 1.47. The molecule has 4 aromatic carbocycles. The second kappa shape index (κ2) is 15.2. The molecule has 4 rings (SSSR count). The summed E-state index contributed by atoms with van der Waals surface area (Å²) in [6, 6.07) is 26.9. The maximum atomic E-state index is 13.0. The van der Waals surface area contributed by atoms with Crippen LogP contribution in [0.3, 0.4) is 0 Å². The van der Waals surface area contributed by atoms with Gasteiger partial charge < -0.3 is 9.47 Å². The van der Waals surface area contributed by atoms with Crippen LogP contribution in [-0.2, 0) is 33.1 Å². The molecule has 2 N–H and O–H groups in total. The Bertz CT molecular complexity index is 1810. The normalized spacial score (nSPS) is 11.6. The Morgan fingerprint density at radius 1 is 0.800 bits per heavy atom. The van der Waals surface area contributed by atoms with Crippen LogP contribution in [0.25, 0.3) is 0 Å². The third-order valence-corrected chi connectivity index (χ3v) is 10.1. The molecule has 0 radical (unpaired) electrons. The molecule has 45 heavy (non-hydrogen) atoms. The molecule has 0 bridgehead atoms. The molecule has 0 aliphatic carbocycles. The predicted molar refractivity (Wildman–Crippen MR) is 171 cm³/mol. The van der Waals surface area contributed by atoms with Crippen LogP contribution < -0.4 is 14.2 Å². The molecule has 0 saturated carbocycles. The molecular formula is C31H32N4O7S3. The van der Waals surface area contributed by atoms with E-state index in [9.17, 15) is 21.6 Å². The van der Waals surface area contributed by atoms with Crippen LogP contribution in [0.1, 0.15) is 21.5 Å². The van der Waals surface area contributed by atoms with Crippen molar-refractivity contribution in [2.45, 2.75) is 27.8 Å². The number of carbonyl (C=O) groups is 1. The maximum Gasteiger partial charge on any atom is 0.299 e. The van der Waals surface area contributed by atoms with Crippen molar-refractivity contribution >= 4 is 37.7 Å². The van der Waals surface area contributed by atoms with E-state index in [1.54, 1.807) is 42.1 Å². The van der Waals surface area contributed by atoms with Crippen molar-refractivity contribution in [2.75, 3.05) is 26.5 Å². The Hall–Kier alpha value is -4.24. The number of hydrogen-bond donors (Lipinski definition) is 2. The van der Waals surface area contributed by atoms with Gasteiger partial charge in [0.2, 0.25) is 0 Å². The minimum absolute atomic E-state index is 0.0538. The molecule has 0 heterocycles. The summed E-state index contributed by atoms with van der Waals surface area (Å²) in [6.45, 7) is 1.66. The molecule has 0 atom stereocenters. The van der Waals surface area contributed by atoms with Gasteiger partial charge in [-0.25, -0.2) is 13.1 Å². The van der Waals surface area contributed by atoms with Gasteiger partial charge in [0.15, 0.2) is 0 Å². The topological polar surface area (TPSA) is 155 Å². The van der Waals surface area contributed by atoms with Crippen LogP contribution in [0.4, 0.5) is 0 Å². The molecule has 0 saturated heterocycles. The number of ether oxygens (including phenoxy) is 2. The molecule has 236 valence electrons. The molecule has 0 aromatic heterocycles. The summed E-state index contributed by atoms with van der Waals surface area (Å²) in [5.41, 5.74) is 8.67. The average molecular weight is 669 g/mol. The van der Waals surface area contributed by atoms with Crippen LogP contribution in [0, 0.1) is 5.53 Å². The van der Waals surface area contributed by atoms with Gasteiger partial charge in [0.05, 0.1) is 24.0 Å². The lowest BCUT2D eigenvalue weighted by atomic mass is 10.1. The molecule has 1 amide bonds. The van der Waals surface area contributed by atoms with Gasteiger partial charge in [-0.1, -0.05) is 47.0 Å².